The normalized spacial score (nSPS) is 21.2. The number of amides is 1. The molecule has 2 rings (SSSR count). The third kappa shape index (κ3) is 3.78. The van der Waals surface area contributed by atoms with Gasteiger partial charge in [-0.2, -0.15) is 0 Å². The Bertz CT molecular complexity index is 688. The number of carboxylic acid groups (broad SMARTS) is 1. The number of nitrogens with zero attached hydrogens (tertiary/aromatic N) is 1. The largest absolute Gasteiger partial charge is 0.481 e. The molecule has 1 saturated carbocycles. The molecule has 23 heavy (non-hydrogen) atoms. The van der Waals surface area contributed by atoms with Crippen LogP contribution in [0.4, 0.5) is 0 Å². The molecule has 7 nitrogen and oxygen atoms in total. The third-order valence-electron chi connectivity index (χ3n) is 4.15. The molecule has 0 bridgehead atoms. The van der Waals surface area contributed by atoms with Gasteiger partial charge in [-0.05, 0) is 26.2 Å². The van der Waals surface area contributed by atoms with Gasteiger partial charge in [-0.1, -0.05) is 20.8 Å². The molecule has 0 aromatic carbocycles. The first-order valence-corrected chi connectivity index (χ1v) is 7.74. The molecular formula is C16H23N3O4. The predicted molar refractivity (Wildman–Crippen MR) is 84.5 cm³/mol. The van der Waals surface area contributed by atoms with Crippen LogP contribution >= 0.6 is 0 Å². The second kappa shape index (κ2) is 6.14. The maximum Gasteiger partial charge on any atom is 0.306 e. The summed E-state index contributed by atoms with van der Waals surface area (Å²) in [5, 5.41) is 11.8. The van der Waals surface area contributed by atoms with Crippen LogP contribution in [-0.4, -0.2) is 33.0 Å². The summed E-state index contributed by atoms with van der Waals surface area (Å²) in [5.41, 5.74) is -0.410. The van der Waals surface area contributed by atoms with Gasteiger partial charge in [0.1, 0.15) is 11.4 Å². The Hall–Kier alpha value is -2.18. The van der Waals surface area contributed by atoms with Crippen molar-refractivity contribution in [3.8, 4) is 0 Å². The number of aliphatic carboxylic acids is 1. The zero-order valence-corrected chi connectivity index (χ0v) is 13.9. The van der Waals surface area contributed by atoms with Crippen molar-refractivity contribution in [2.24, 2.45) is 5.92 Å². The average Bonchev–Trinajstić information content (AvgIpc) is 2.85. The third-order valence-corrected chi connectivity index (χ3v) is 4.15. The Morgan fingerprint density at radius 2 is 1.96 bits per heavy atom. The fourth-order valence-electron chi connectivity index (χ4n) is 2.80. The Morgan fingerprint density at radius 3 is 2.43 bits per heavy atom. The van der Waals surface area contributed by atoms with Crippen molar-refractivity contribution >= 4 is 11.9 Å². The van der Waals surface area contributed by atoms with Crippen LogP contribution in [0.5, 0.6) is 0 Å². The van der Waals surface area contributed by atoms with E-state index in [-0.39, 0.29) is 17.0 Å². The molecule has 2 atom stereocenters. The summed E-state index contributed by atoms with van der Waals surface area (Å²) in [7, 11) is 0. The molecule has 1 aliphatic carbocycles. The highest BCUT2D eigenvalue weighted by atomic mass is 16.4. The minimum Gasteiger partial charge on any atom is -0.481 e. The number of aromatic nitrogens is 2. The van der Waals surface area contributed by atoms with Crippen LogP contribution < -0.4 is 10.9 Å². The van der Waals surface area contributed by atoms with Gasteiger partial charge in [-0.3, -0.25) is 14.4 Å². The summed E-state index contributed by atoms with van der Waals surface area (Å²) < 4.78 is 0. The standard InChI is InChI=1S/C16H23N3O4/c1-8-11(13(21)19-15(17-8)16(2,3)4)12(20)18-10-6-5-9(7-10)14(22)23/h9-10H,5-7H2,1-4H3,(H,18,20)(H,22,23)(H,17,19,21)/t9-,10+/m0/s1. The van der Waals surface area contributed by atoms with E-state index in [9.17, 15) is 14.4 Å². The highest BCUT2D eigenvalue weighted by molar-refractivity contribution is 5.95. The molecule has 0 spiro atoms. The number of aromatic amines is 1. The zero-order valence-electron chi connectivity index (χ0n) is 13.9. The summed E-state index contributed by atoms with van der Waals surface area (Å²) in [6, 6.07) is -0.218. The van der Waals surface area contributed by atoms with Gasteiger partial charge in [0.05, 0.1) is 11.6 Å². The first kappa shape index (κ1) is 17.2. The molecule has 1 aromatic rings. The van der Waals surface area contributed by atoms with Gasteiger partial charge < -0.3 is 15.4 Å². The van der Waals surface area contributed by atoms with Crippen molar-refractivity contribution in [2.75, 3.05) is 0 Å². The van der Waals surface area contributed by atoms with Crippen LogP contribution in [0.25, 0.3) is 0 Å². The Balaban J connectivity index is 2.18. The number of aryl methyl sites for hydroxylation is 1. The molecule has 1 aromatic heterocycles. The molecule has 7 heteroatoms. The van der Waals surface area contributed by atoms with Crippen molar-refractivity contribution in [3.63, 3.8) is 0 Å². The lowest BCUT2D eigenvalue weighted by molar-refractivity contribution is -0.141. The SMILES string of the molecule is Cc1nc(C(C)(C)C)[nH]c(=O)c1C(=O)N[C@@H]1CC[C@H](C(=O)O)C1. The van der Waals surface area contributed by atoms with Crippen molar-refractivity contribution in [1.82, 2.24) is 15.3 Å². The molecule has 0 radical (unpaired) electrons. The van der Waals surface area contributed by atoms with Gasteiger partial charge >= 0.3 is 5.97 Å². The second-order valence-electron chi connectivity index (χ2n) is 7.14. The van der Waals surface area contributed by atoms with Gasteiger partial charge in [0.25, 0.3) is 11.5 Å². The van der Waals surface area contributed by atoms with E-state index in [1.54, 1.807) is 6.92 Å². The summed E-state index contributed by atoms with van der Waals surface area (Å²) >= 11 is 0. The fourth-order valence-corrected chi connectivity index (χ4v) is 2.80. The molecular weight excluding hydrogens is 298 g/mol. The molecule has 1 aliphatic rings. The number of hydrogen-bond acceptors (Lipinski definition) is 4. The molecule has 1 heterocycles. The van der Waals surface area contributed by atoms with Crippen LogP contribution in [0.3, 0.4) is 0 Å². The molecule has 0 aliphatic heterocycles. The Kier molecular flexibility index (Phi) is 4.58. The quantitative estimate of drug-likeness (QED) is 0.778. The lowest BCUT2D eigenvalue weighted by Crippen LogP contribution is -2.38. The number of H-pyrrole nitrogens is 1. The summed E-state index contributed by atoms with van der Waals surface area (Å²) in [6.45, 7) is 7.41. The van der Waals surface area contributed by atoms with Gasteiger partial charge in [0, 0.05) is 11.5 Å². The summed E-state index contributed by atoms with van der Waals surface area (Å²) in [6.07, 6.45) is 1.54. The van der Waals surface area contributed by atoms with Crippen molar-refractivity contribution in [1.29, 1.82) is 0 Å². The fraction of sp³-hybridized carbons (Fsp3) is 0.625. The van der Waals surface area contributed by atoms with Crippen LogP contribution in [0.15, 0.2) is 4.79 Å². The first-order chi connectivity index (χ1) is 10.6. The molecule has 1 fully saturated rings. The molecule has 0 unspecified atom stereocenters. The van der Waals surface area contributed by atoms with Gasteiger partial charge in [-0.15, -0.1) is 0 Å². The van der Waals surface area contributed by atoms with E-state index in [1.165, 1.54) is 0 Å². The Morgan fingerprint density at radius 1 is 1.30 bits per heavy atom. The van der Waals surface area contributed by atoms with E-state index in [2.05, 4.69) is 15.3 Å². The maximum absolute atomic E-state index is 12.4. The topological polar surface area (TPSA) is 112 Å². The smallest absolute Gasteiger partial charge is 0.306 e. The highest BCUT2D eigenvalue weighted by Gasteiger charge is 2.31. The molecule has 0 saturated heterocycles. The van der Waals surface area contributed by atoms with Gasteiger partial charge in [-0.25, -0.2) is 4.98 Å². The van der Waals surface area contributed by atoms with Crippen molar-refractivity contribution < 1.29 is 14.7 Å². The highest BCUT2D eigenvalue weighted by Crippen LogP contribution is 2.26. The minimum absolute atomic E-state index is 0.00299. The molecule has 1 amide bonds. The van der Waals surface area contributed by atoms with E-state index in [4.69, 9.17) is 5.11 Å². The van der Waals surface area contributed by atoms with E-state index in [0.29, 0.717) is 30.8 Å². The van der Waals surface area contributed by atoms with Crippen molar-refractivity contribution in [2.45, 2.75) is 58.4 Å². The zero-order chi connectivity index (χ0) is 17.4. The number of carbonyl (C=O) groups is 2. The monoisotopic (exact) mass is 321 g/mol. The molecule has 3 N–H and O–H groups in total. The van der Waals surface area contributed by atoms with Crippen LogP contribution in [0.2, 0.25) is 0 Å². The van der Waals surface area contributed by atoms with Gasteiger partial charge in [0.2, 0.25) is 0 Å². The summed E-state index contributed by atoms with van der Waals surface area (Å²) in [4.78, 5) is 42.6. The van der Waals surface area contributed by atoms with E-state index >= 15 is 0 Å². The average molecular weight is 321 g/mol. The first-order valence-electron chi connectivity index (χ1n) is 7.74. The van der Waals surface area contributed by atoms with Crippen LogP contribution in [0.1, 0.15) is 61.9 Å². The number of carboxylic acids is 1. The number of hydrogen-bond donors (Lipinski definition) is 3. The second-order valence-corrected chi connectivity index (χ2v) is 7.14. The summed E-state index contributed by atoms with van der Waals surface area (Å²) in [5.74, 6) is -1.23. The van der Waals surface area contributed by atoms with E-state index in [1.807, 2.05) is 20.8 Å². The van der Waals surface area contributed by atoms with E-state index < -0.39 is 23.4 Å². The Labute approximate surface area is 134 Å². The number of carbonyl (C=O) groups excluding carboxylic acids is 1. The lowest BCUT2D eigenvalue weighted by Gasteiger charge is -2.19. The number of rotatable bonds is 3. The van der Waals surface area contributed by atoms with Crippen molar-refractivity contribution in [3.05, 3.63) is 27.4 Å². The predicted octanol–water partition coefficient (Wildman–Crippen LogP) is 1.36. The molecule has 126 valence electrons. The maximum atomic E-state index is 12.4. The van der Waals surface area contributed by atoms with Gasteiger partial charge in [0.15, 0.2) is 0 Å². The van der Waals surface area contributed by atoms with Crippen LogP contribution in [-0.2, 0) is 10.2 Å². The van der Waals surface area contributed by atoms with E-state index in [0.717, 1.165) is 0 Å². The number of nitrogens with one attached hydrogen (secondary N) is 2. The lowest BCUT2D eigenvalue weighted by atomic mass is 9.95. The van der Waals surface area contributed by atoms with Crippen LogP contribution in [0, 0.1) is 12.8 Å². The minimum atomic E-state index is -0.841.